The van der Waals surface area contributed by atoms with Crippen LogP contribution in [0.15, 0.2) is 23.3 Å². The Morgan fingerprint density at radius 3 is 2.53 bits per heavy atom. The molecule has 1 aromatic carbocycles. The van der Waals surface area contributed by atoms with E-state index >= 15 is 0 Å². The molecule has 0 aliphatic carbocycles. The second-order valence-electron chi connectivity index (χ2n) is 3.31. The molecular weight excluding hydrogens is 281 g/mol. The minimum absolute atomic E-state index is 0.103. The number of hydrogen-bond acceptors (Lipinski definition) is 3. The Balaban J connectivity index is 2.31. The number of carbonyl (C=O) groups excluding carboxylic acids is 1. The minimum atomic E-state index is -0.301. The molecule has 7 heteroatoms. The lowest BCUT2D eigenvalue weighted by molar-refractivity contribution is 0.246. The Hall–Kier alpha value is -0.910. The van der Waals surface area contributed by atoms with Gasteiger partial charge in [-0.05, 0) is 24.5 Å². The first-order chi connectivity index (χ1) is 8.10. The maximum absolute atomic E-state index is 11.8. The minimum Gasteiger partial charge on any atom is -0.319 e. The lowest BCUT2D eigenvalue weighted by atomic mass is 10.3. The van der Waals surface area contributed by atoms with Crippen LogP contribution in [0.3, 0.4) is 0 Å². The number of anilines is 1. The lowest BCUT2D eigenvalue weighted by Gasteiger charge is -2.25. The van der Waals surface area contributed by atoms with Crippen LogP contribution in [0.5, 0.6) is 0 Å². The summed E-state index contributed by atoms with van der Waals surface area (Å²) in [6.07, 6.45) is 3.55. The molecule has 0 radical (unpaired) electrons. The zero-order valence-electron chi connectivity index (χ0n) is 8.85. The maximum atomic E-state index is 11.8. The summed E-state index contributed by atoms with van der Waals surface area (Å²) in [5.74, 6) is 0. The molecule has 0 aromatic heterocycles. The molecule has 0 fully saturated rings. The van der Waals surface area contributed by atoms with Crippen LogP contribution in [0.2, 0.25) is 10.0 Å². The van der Waals surface area contributed by atoms with Crippen LogP contribution in [0, 0.1) is 0 Å². The first-order valence-electron chi connectivity index (χ1n) is 4.74. The summed E-state index contributed by atoms with van der Waals surface area (Å²) in [6, 6.07) is 4.56. The van der Waals surface area contributed by atoms with Crippen LogP contribution in [-0.2, 0) is 0 Å². The predicted molar refractivity (Wildman–Crippen MR) is 73.3 cm³/mol. The molecule has 0 saturated heterocycles. The third-order valence-electron chi connectivity index (χ3n) is 2.12. The summed E-state index contributed by atoms with van der Waals surface area (Å²) in [7, 11) is 0. The van der Waals surface area contributed by atoms with Crippen molar-refractivity contribution in [1.29, 1.82) is 0 Å². The van der Waals surface area contributed by atoms with Gasteiger partial charge in [0.05, 0.1) is 11.9 Å². The Kier molecular flexibility index (Phi) is 3.81. The third kappa shape index (κ3) is 2.86. The molecule has 2 rings (SSSR count). The van der Waals surface area contributed by atoms with E-state index in [2.05, 4.69) is 10.4 Å². The van der Waals surface area contributed by atoms with E-state index in [1.807, 2.05) is 6.26 Å². The van der Waals surface area contributed by atoms with E-state index in [0.717, 1.165) is 0 Å². The molecule has 1 unspecified atom stereocenters. The Labute approximate surface area is 113 Å². The Morgan fingerprint density at radius 1 is 1.35 bits per heavy atom. The number of hydrogen-bond donors (Lipinski definition) is 1. The van der Waals surface area contributed by atoms with Gasteiger partial charge in [0.2, 0.25) is 0 Å². The molecule has 1 aliphatic heterocycles. The largest absolute Gasteiger partial charge is 0.343 e. The van der Waals surface area contributed by atoms with E-state index in [1.165, 1.54) is 16.8 Å². The molecule has 1 aromatic rings. The van der Waals surface area contributed by atoms with Crippen molar-refractivity contribution in [1.82, 2.24) is 5.32 Å². The number of carbonyl (C=O) groups is 1. The van der Waals surface area contributed by atoms with Crippen LogP contribution in [0.25, 0.3) is 0 Å². The molecule has 1 atom stereocenters. The highest BCUT2D eigenvalue weighted by molar-refractivity contribution is 7.99. The summed E-state index contributed by atoms with van der Waals surface area (Å²) in [5, 5.41) is 8.89. The quantitative estimate of drug-likeness (QED) is 0.909. The first kappa shape index (κ1) is 12.5. The first-order valence-corrected chi connectivity index (χ1v) is 6.78. The van der Waals surface area contributed by atoms with Gasteiger partial charge in [0, 0.05) is 10.0 Å². The van der Waals surface area contributed by atoms with Crippen molar-refractivity contribution >= 4 is 52.9 Å². The summed E-state index contributed by atoms with van der Waals surface area (Å²) in [6.45, 7) is 0. The Morgan fingerprint density at radius 2 is 2.00 bits per heavy atom. The summed E-state index contributed by atoms with van der Waals surface area (Å²) < 4.78 is 0. The highest BCUT2D eigenvalue weighted by atomic mass is 35.5. The Bertz CT molecular complexity index is 460. The van der Waals surface area contributed by atoms with Gasteiger partial charge in [-0.2, -0.15) is 10.1 Å². The number of rotatable bonds is 2. The van der Waals surface area contributed by atoms with E-state index < -0.39 is 0 Å². The second kappa shape index (κ2) is 5.16. The number of nitrogens with zero attached hydrogens (tertiary/aromatic N) is 2. The molecule has 0 bridgehead atoms. The zero-order chi connectivity index (χ0) is 12.4. The normalized spacial score (nSPS) is 19.4. The smallest absolute Gasteiger partial charge is 0.319 e. The summed E-state index contributed by atoms with van der Waals surface area (Å²) >= 11 is 13.2. The van der Waals surface area contributed by atoms with Crippen LogP contribution < -0.4 is 10.3 Å². The van der Waals surface area contributed by atoms with Crippen LogP contribution in [0.1, 0.15) is 0 Å². The molecular formula is C10H9Cl2N3OS. The van der Waals surface area contributed by atoms with Gasteiger partial charge in [0.1, 0.15) is 5.37 Å². The van der Waals surface area contributed by atoms with Gasteiger partial charge < -0.3 is 5.32 Å². The molecule has 17 heavy (non-hydrogen) atoms. The van der Waals surface area contributed by atoms with Gasteiger partial charge in [-0.25, -0.2) is 4.79 Å². The number of nitrogens with one attached hydrogen (secondary N) is 1. The highest BCUT2D eigenvalue weighted by Crippen LogP contribution is 2.26. The molecule has 0 saturated carbocycles. The van der Waals surface area contributed by atoms with Crippen LogP contribution in [0.4, 0.5) is 10.5 Å². The number of benzene rings is 1. The van der Waals surface area contributed by atoms with Crippen molar-refractivity contribution in [3.8, 4) is 0 Å². The van der Waals surface area contributed by atoms with E-state index in [9.17, 15) is 4.79 Å². The van der Waals surface area contributed by atoms with Gasteiger partial charge in [0.25, 0.3) is 0 Å². The topological polar surface area (TPSA) is 44.7 Å². The van der Waals surface area contributed by atoms with Crippen LogP contribution >= 0.6 is 35.0 Å². The van der Waals surface area contributed by atoms with Gasteiger partial charge in [-0.1, -0.05) is 23.2 Å². The molecule has 2 amide bonds. The van der Waals surface area contributed by atoms with Gasteiger partial charge in [-0.15, -0.1) is 11.8 Å². The van der Waals surface area contributed by atoms with Crippen LogP contribution in [-0.4, -0.2) is 23.9 Å². The molecule has 0 spiro atoms. The highest BCUT2D eigenvalue weighted by Gasteiger charge is 2.22. The average Bonchev–Trinajstić information content (AvgIpc) is 2.27. The molecule has 4 nitrogen and oxygen atoms in total. The third-order valence-corrected chi connectivity index (χ3v) is 3.31. The number of hydrazone groups is 1. The fraction of sp³-hybridized carbons (Fsp3) is 0.200. The fourth-order valence-corrected chi connectivity index (χ4v) is 2.27. The van der Waals surface area contributed by atoms with Gasteiger partial charge in [0.15, 0.2) is 0 Å². The average molecular weight is 290 g/mol. The number of urea groups is 1. The standard InChI is InChI=1S/C10H9Cl2N3OS/c1-17-9-5-13-15(10(16)14-9)8-3-6(11)2-7(12)4-8/h2-5,9H,1H3,(H,14,16). The van der Waals surface area contributed by atoms with Crippen molar-refractivity contribution in [3.05, 3.63) is 28.2 Å². The summed E-state index contributed by atoms with van der Waals surface area (Å²) in [5.41, 5.74) is 0.538. The van der Waals surface area contributed by atoms with Gasteiger partial charge in [-0.3, -0.25) is 0 Å². The number of amides is 2. The number of thioether (sulfide) groups is 1. The van der Waals surface area contributed by atoms with E-state index in [1.54, 1.807) is 24.4 Å². The van der Waals surface area contributed by atoms with Crippen molar-refractivity contribution in [2.24, 2.45) is 5.10 Å². The molecule has 90 valence electrons. The molecule has 1 N–H and O–H groups in total. The van der Waals surface area contributed by atoms with E-state index in [-0.39, 0.29) is 11.4 Å². The SMILES string of the molecule is CSC1C=NN(c2cc(Cl)cc(Cl)c2)C(=O)N1. The van der Waals surface area contributed by atoms with E-state index in [0.29, 0.717) is 15.7 Å². The fourth-order valence-electron chi connectivity index (χ4n) is 1.37. The summed E-state index contributed by atoms with van der Waals surface area (Å²) in [4.78, 5) is 11.8. The van der Waals surface area contributed by atoms with Gasteiger partial charge >= 0.3 is 6.03 Å². The molecule has 1 heterocycles. The van der Waals surface area contributed by atoms with Crippen molar-refractivity contribution in [2.75, 3.05) is 11.3 Å². The van der Waals surface area contributed by atoms with Crippen molar-refractivity contribution in [3.63, 3.8) is 0 Å². The van der Waals surface area contributed by atoms with Crippen molar-refractivity contribution in [2.45, 2.75) is 5.37 Å². The second-order valence-corrected chi connectivity index (χ2v) is 5.16. The van der Waals surface area contributed by atoms with Crippen molar-refractivity contribution < 1.29 is 4.79 Å². The van der Waals surface area contributed by atoms with E-state index in [4.69, 9.17) is 23.2 Å². The maximum Gasteiger partial charge on any atom is 0.343 e. The monoisotopic (exact) mass is 289 g/mol. The predicted octanol–water partition coefficient (Wildman–Crippen LogP) is 3.20. The lowest BCUT2D eigenvalue weighted by Crippen LogP contribution is -2.46. The zero-order valence-corrected chi connectivity index (χ0v) is 11.2. The number of halogens is 2. The molecule has 1 aliphatic rings.